The summed E-state index contributed by atoms with van der Waals surface area (Å²) >= 11 is 0. The van der Waals surface area contributed by atoms with Crippen LogP contribution in [0, 0.1) is 6.57 Å². The third kappa shape index (κ3) is 1.00. The molecule has 2 rings (SSSR count). The van der Waals surface area contributed by atoms with E-state index in [1.165, 1.54) is 17.5 Å². The van der Waals surface area contributed by atoms with Crippen LogP contribution in [-0.4, -0.2) is 0 Å². The first-order valence-electron chi connectivity index (χ1n) is 4.31. The molecular weight excluding hydrogens is 146 g/mol. The summed E-state index contributed by atoms with van der Waals surface area (Å²) in [4.78, 5) is 3.42. The van der Waals surface area contributed by atoms with Crippen LogP contribution in [0.15, 0.2) is 18.2 Å². The molecule has 0 aliphatic heterocycles. The minimum absolute atomic E-state index is 0.694. The number of benzene rings is 1. The van der Waals surface area contributed by atoms with E-state index in [-0.39, 0.29) is 0 Å². The predicted molar refractivity (Wildman–Crippen MR) is 49.4 cm³/mol. The van der Waals surface area contributed by atoms with Gasteiger partial charge in [-0.1, -0.05) is 30.7 Å². The van der Waals surface area contributed by atoms with Crippen LogP contribution in [0.25, 0.3) is 4.85 Å². The van der Waals surface area contributed by atoms with E-state index in [4.69, 9.17) is 6.57 Å². The summed E-state index contributed by atoms with van der Waals surface area (Å²) in [5, 5.41) is 0. The van der Waals surface area contributed by atoms with Gasteiger partial charge < -0.3 is 0 Å². The lowest BCUT2D eigenvalue weighted by Gasteiger charge is -2.03. The van der Waals surface area contributed by atoms with Gasteiger partial charge in [0.15, 0.2) is 5.69 Å². The third-order valence-corrected chi connectivity index (χ3v) is 2.63. The number of fused-ring (bicyclic) bond motifs is 1. The first-order valence-corrected chi connectivity index (χ1v) is 4.31. The number of hydrogen-bond acceptors (Lipinski definition) is 0. The van der Waals surface area contributed by atoms with Crippen molar-refractivity contribution in [2.75, 3.05) is 0 Å². The van der Waals surface area contributed by atoms with Gasteiger partial charge in [0, 0.05) is 0 Å². The molecular formula is C11H11N. The zero-order valence-electron chi connectivity index (χ0n) is 7.17. The fourth-order valence-corrected chi connectivity index (χ4v) is 1.89. The Labute approximate surface area is 72.9 Å². The maximum Gasteiger partial charge on any atom is 0.187 e. The summed E-state index contributed by atoms with van der Waals surface area (Å²) in [6, 6.07) is 6.07. The molecule has 0 saturated heterocycles. The van der Waals surface area contributed by atoms with E-state index in [0.717, 1.165) is 12.1 Å². The molecule has 0 spiro atoms. The van der Waals surface area contributed by atoms with E-state index in [9.17, 15) is 0 Å². The van der Waals surface area contributed by atoms with Crippen molar-refractivity contribution in [1.29, 1.82) is 0 Å². The van der Waals surface area contributed by atoms with Crippen LogP contribution in [0.4, 0.5) is 5.69 Å². The molecule has 0 bridgehead atoms. The van der Waals surface area contributed by atoms with Crippen molar-refractivity contribution < 1.29 is 0 Å². The molecule has 0 amide bonds. The van der Waals surface area contributed by atoms with E-state index in [0.29, 0.717) is 5.92 Å². The number of aryl methyl sites for hydroxylation is 1. The summed E-state index contributed by atoms with van der Waals surface area (Å²) in [5.74, 6) is 0.694. The molecule has 12 heavy (non-hydrogen) atoms. The van der Waals surface area contributed by atoms with Gasteiger partial charge in [-0.2, -0.15) is 0 Å². The smallest absolute Gasteiger partial charge is 0.187 e. The molecule has 1 heteroatoms. The van der Waals surface area contributed by atoms with Gasteiger partial charge in [-0.05, 0) is 24.3 Å². The largest absolute Gasteiger partial charge is 0.238 e. The highest BCUT2D eigenvalue weighted by Gasteiger charge is 2.17. The lowest BCUT2D eigenvalue weighted by atomic mass is 10.0. The Morgan fingerprint density at radius 2 is 2.33 bits per heavy atom. The van der Waals surface area contributed by atoms with Gasteiger partial charge in [0.2, 0.25) is 0 Å². The lowest BCUT2D eigenvalue weighted by Crippen LogP contribution is -1.84. The maximum absolute atomic E-state index is 6.88. The number of hydrogen-bond donors (Lipinski definition) is 0. The zero-order chi connectivity index (χ0) is 8.55. The van der Waals surface area contributed by atoms with Gasteiger partial charge in [-0.15, -0.1) is 0 Å². The van der Waals surface area contributed by atoms with Crippen molar-refractivity contribution in [3.63, 3.8) is 0 Å². The maximum atomic E-state index is 6.88. The average molecular weight is 157 g/mol. The second kappa shape index (κ2) is 2.64. The molecule has 0 radical (unpaired) electrons. The second-order valence-electron chi connectivity index (χ2n) is 3.43. The highest BCUT2D eigenvalue weighted by molar-refractivity contribution is 5.51. The van der Waals surface area contributed by atoms with Crippen LogP contribution in [0.3, 0.4) is 0 Å². The van der Waals surface area contributed by atoms with Crippen LogP contribution >= 0.6 is 0 Å². The quantitative estimate of drug-likeness (QED) is 0.509. The Hall–Kier alpha value is -1.29. The minimum Gasteiger partial charge on any atom is -0.238 e. The van der Waals surface area contributed by atoms with Crippen molar-refractivity contribution in [3.05, 3.63) is 40.7 Å². The number of rotatable bonds is 0. The normalized spacial score (nSPS) is 20.2. The Morgan fingerprint density at radius 3 is 3.08 bits per heavy atom. The predicted octanol–water partition coefficient (Wildman–Crippen LogP) is 3.29. The summed E-state index contributed by atoms with van der Waals surface area (Å²) in [5.41, 5.74) is 3.61. The molecule has 0 saturated carbocycles. The molecule has 0 aromatic heterocycles. The average Bonchev–Trinajstić information content (AvgIpc) is 2.47. The zero-order valence-corrected chi connectivity index (χ0v) is 7.17. The van der Waals surface area contributed by atoms with Crippen molar-refractivity contribution in [1.82, 2.24) is 0 Å². The van der Waals surface area contributed by atoms with Gasteiger partial charge in [0.05, 0.1) is 6.57 Å². The standard InChI is InChI=1S/C11H11N/c1-8-3-4-9-7-10(12-2)5-6-11(8)9/h5-8H,3-4H2,1H3. The molecule has 1 nitrogen and oxygen atoms in total. The van der Waals surface area contributed by atoms with Crippen molar-refractivity contribution in [2.45, 2.75) is 25.7 Å². The lowest BCUT2D eigenvalue weighted by molar-refractivity contribution is 0.747. The number of nitrogens with zero attached hydrogens (tertiary/aromatic N) is 1. The van der Waals surface area contributed by atoms with Gasteiger partial charge >= 0.3 is 0 Å². The van der Waals surface area contributed by atoms with Crippen LogP contribution in [-0.2, 0) is 6.42 Å². The van der Waals surface area contributed by atoms with Gasteiger partial charge in [-0.25, -0.2) is 4.85 Å². The molecule has 1 aromatic rings. The van der Waals surface area contributed by atoms with E-state index in [2.05, 4.69) is 17.8 Å². The topological polar surface area (TPSA) is 4.36 Å². The highest BCUT2D eigenvalue weighted by atomic mass is 14.6. The Bertz CT molecular complexity index is 347. The molecule has 0 N–H and O–H groups in total. The second-order valence-corrected chi connectivity index (χ2v) is 3.43. The fraction of sp³-hybridized carbons (Fsp3) is 0.364. The van der Waals surface area contributed by atoms with Crippen molar-refractivity contribution >= 4 is 5.69 Å². The molecule has 0 heterocycles. The van der Waals surface area contributed by atoms with E-state index < -0.39 is 0 Å². The summed E-state index contributed by atoms with van der Waals surface area (Å²) in [6.45, 7) is 9.13. The van der Waals surface area contributed by atoms with Crippen molar-refractivity contribution in [2.24, 2.45) is 0 Å². The fourth-order valence-electron chi connectivity index (χ4n) is 1.89. The van der Waals surface area contributed by atoms with Crippen LogP contribution in [0.5, 0.6) is 0 Å². The van der Waals surface area contributed by atoms with Gasteiger partial charge in [0.1, 0.15) is 0 Å². The Morgan fingerprint density at radius 1 is 1.50 bits per heavy atom. The molecule has 60 valence electrons. The van der Waals surface area contributed by atoms with Gasteiger partial charge in [0.25, 0.3) is 0 Å². The van der Waals surface area contributed by atoms with Crippen molar-refractivity contribution in [3.8, 4) is 0 Å². The Balaban J connectivity index is 2.50. The van der Waals surface area contributed by atoms with Crippen LogP contribution in [0.1, 0.15) is 30.4 Å². The molecule has 1 atom stereocenters. The van der Waals surface area contributed by atoms with Gasteiger partial charge in [-0.3, -0.25) is 0 Å². The summed E-state index contributed by atoms with van der Waals surface area (Å²) in [7, 11) is 0. The first kappa shape index (κ1) is 7.36. The van der Waals surface area contributed by atoms with E-state index in [1.807, 2.05) is 12.1 Å². The SMILES string of the molecule is [C-]#[N+]c1ccc2c(c1)CCC2C. The van der Waals surface area contributed by atoms with E-state index >= 15 is 0 Å². The summed E-state index contributed by atoms with van der Waals surface area (Å²) in [6.07, 6.45) is 2.40. The molecule has 1 aliphatic rings. The van der Waals surface area contributed by atoms with Crippen LogP contribution in [0.2, 0.25) is 0 Å². The summed E-state index contributed by atoms with van der Waals surface area (Å²) < 4.78 is 0. The minimum atomic E-state index is 0.694. The highest BCUT2D eigenvalue weighted by Crippen LogP contribution is 2.34. The molecule has 1 unspecified atom stereocenters. The van der Waals surface area contributed by atoms with Crippen LogP contribution < -0.4 is 0 Å². The molecule has 1 aromatic carbocycles. The first-order chi connectivity index (χ1) is 5.81. The molecule has 0 fully saturated rings. The van der Waals surface area contributed by atoms with E-state index in [1.54, 1.807) is 0 Å². The monoisotopic (exact) mass is 157 g/mol. The molecule has 1 aliphatic carbocycles. The Kier molecular flexibility index (Phi) is 1.62. The third-order valence-electron chi connectivity index (χ3n) is 2.63.